The quantitative estimate of drug-likeness (QED) is 0.636. The van der Waals surface area contributed by atoms with Crippen LogP contribution >= 0.6 is 0 Å². The SMILES string of the molecule is O=C(O)C[C@@H](NC(=O)N1CCN2CCCC2C1)C(=O)O. The molecule has 0 bridgehead atoms. The van der Waals surface area contributed by atoms with Gasteiger partial charge in [-0.15, -0.1) is 0 Å². The molecular weight excluding hydrogens is 266 g/mol. The van der Waals surface area contributed by atoms with E-state index in [-0.39, 0.29) is 0 Å². The summed E-state index contributed by atoms with van der Waals surface area (Å²) in [5, 5.41) is 19.8. The highest BCUT2D eigenvalue weighted by Crippen LogP contribution is 2.21. The van der Waals surface area contributed by atoms with Crippen molar-refractivity contribution < 1.29 is 24.6 Å². The number of carbonyl (C=O) groups is 3. The Morgan fingerprint density at radius 1 is 1.20 bits per heavy atom. The maximum Gasteiger partial charge on any atom is 0.326 e. The molecule has 0 radical (unpaired) electrons. The number of nitrogens with one attached hydrogen (secondary N) is 1. The van der Waals surface area contributed by atoms with Crippen LogP contribution in [0.25, 0.3) is 0 Å². The van der Waals surface area contributed by atoms with E-state index >= 15 is 0 Å². The zero-order valence-corrected chi connectivity index (χ0v) is 11.1. The number of carbonyl (C=O) groups excluding carboxylic acids is 1. The van der Waals surface area contributed by atoms with E-state index in [1.165, 1.54) is 0 Å². The largest absolute Gasteiger partial charge is 0.481 e. The Hall–Kier alpha value is -1.83. The molecule has 3 N–H and O–H groups in total. The Balaban J connectivity index is 1.90. The fraction of sp³-hybridized carbons (Fsp3) is 0.750. The molecule has 8 nitrogen and oxygen atoms in total. The lowest BCUT2D eigenvalue weighted by atomic mass is 10.1. The predicted octanol–water partition coefficient (Wildman–Crippen LogP) is -0.596. The van der Waals surface area contributed by atoms with Gasteiger partial charge < -0.3 is 20.4 Å². The molecule has 1 unspecified atom stereocenters. The lowest BCUT2D eigenvalue weighted by Crippen LogP contribution is -2.56. The van der Waals surface area contributed by atoms with Crippen LogP contribution < -0.4 is 5.32 Å². The van der Waals surface area contributed by atoms with Crippen LogP contribution in [-0.4, -0.2) is 76.2 Å². The topological polar surface area (TPSA) is 110 Å². The summed E-state index contributed by atoms with van der Waals surface area (Å²) in [7, 11) is 0. The van der Waals surface area contributed by atoms with Crippen molar-refractivity contribution >= 4 is 18.0 Å². The highest BCUT2D eigenvalue weighted by molar-refractivity contribution is 5.86. The van der Waals surface area contributed by atoms with Crippen LogP contribution in [0.3, 0.4) is 0 Å². The molecule has 0 aromatic carbocycles. The molecule has 8 heteroatoms. The molecule has 2 rings (SSSR count). The zero-order chi connectivity index (χ0) is 14.7. The van der Waals surface area contributed by atoms with Gasteiger partial charge >= 0.3 is 18.0 Å². The molecule has 0 saturated carbocycles. The lowest BCUT2D eigenvalue weighted by Gasteiger charge is -2.37. The molecule has 2 heterocycles. The van der Waals surface area contributed by atoms with Gasteiger partial charge in [-0.2, -0.15) is 0 Å². The van der Waals surface area contributed by atoms with Crippen LogP contribution in [-0.2, 0) is 9.59 Å². The second-order valence-electron chi connectivity index (χ2n) is 5.22. The second kappa shape index (κ2) is 6.08. The van der Waals surface area contributed by atoms with E-state index in [0.29, 0.717) is 19.1 Å². The van der Waals surface area contributed by atoms with Crippen molar-refractivity contribution in [1.29, 1.82) is 0 Å². The smallest absolute Gasteiger partial charge is 0.326 e. The van der Waals surface area contributed by atoms with E-state index in [4.69, 9.17) is 10.2 Å². The molecule has 0 aromatic heterocycles. The number of hydrogen-bond donors (Lipinski definition) is 3. The third-order valence-electron chi connectivity index (χ3n) is 3.85. The number of carboxylic acid groups (broad SMARTS) is 2. The van der Waals surface area contributed by atoms with Gasteiger partial charge in [-0.3, -0.25) is 9.69 Å². The Kier molecular flexibility index (Phi) is 4.43. The van der Waals surface area contributed by atoms with E-state index in [0.717, 1.165) is 25.9 Å². The monoisotopic (exact) mass is 285 g/mol. The highest BCUT2D eigenvalue weighted by Gasteiger charge is 2.34. The Labute approximate surface area is 116 Å². The minimum absolute atomic E-state index is 0.345. The van der Waals surface area contributed by atoms with Gasteiger partial charge in [0.25, 0.3) is 0 Å². The van der Waals surface area contributed by atoms with Crippen LogP contribution in [0.2, 0.25) is 0 Å². The minimum Gasteiger partial charge on any atom is -0.481 e. The molecule has 2 fully saturated rings. The molecule has 112 valence electrons. The molecule has 0 aromatic rings. The summed E-state index contributed by atoms with van der Waals surface area (Å²) < 4.78 is 0. The molecular formula is C12H19N3O5. The first-order valence-corrected chi connectivity index (χ1v) is 6.71. The number of hydrogen-bond acceptors (Lipinski definition) is 4. The first-order valence-electron chi connectivity index (χ1n) is 6.71. The summed E-state index contributed by atoms with van der Waals surface area (Å²) in [6.45, 7) is 2.96. The predicted molar refractivity (Wildman–Crippen MR) is 68.4 cm³/mol. The third kappa shape index (κ3) is 3.38. The van der Waals surface area contributed by atoms with Gasteiger partial charge in [-0.25, -0.2) is 9.59 Å². The molecule has 2 aliphatic heterocycles. The van der Waals surface area contributed by atoms with E-state index < -0.39 is 30.4 Å². The maximum atomic E-state index is 12.0. The van der Waals surface area contributed by atoms with Crippen molar-refractivity contribution in [3.8, 4) is 0 Å². The summed E-state index contributed by atoms with van der Waals surface area (Å²) in [6.07, 6.45) is 1.54. The number of urea groups is 1. The fourth-order valence-electron chi connectivity index (χ4n) is 2.79. The first-order chi connectivity index (χ1) is 9.47. The number of amides is 2. The second-order valence-corrected chi connectivity index (χ2v) is 5.22. The average Bonchev–Trinajstić information content (AvgIpc) is 2.84. The maximum absolute atomic E-state index is 12.0. The van der Waals surface area contributed by atoms with E-state index in [2.05, 4.69) is 10.2 Å². The third-order valence-corrected chi connectivity index (χ3v) is 3.85. The van der Waals surface area contributed by atoms with Gasteiger partial charge in [-0.05, 0) is 19.4 Å². The summed E-state index contributed by atoms with van der Waals surface area (Å²) >= 11 is 0. The molecule has 0 aliphatic carbocycles. The van der Waals surface area contributed by atoms with Gasteiger partial charge in [0.1, 0.15) is 6.04 Å². The van der Waals surface area contributed by atoms with Crippen LogP contribution in [0.1, 0.15) is 19.3 Å². The summed E-state index contributed by atoms with van der Waals surface area (Å²) in [5.74, 6) is -2.58. The molecule has 2 saturated heterocycles. The Morgan fingerprint density at radius 2 is 1.95 bits per heavy atom. The van der Waals surface area contributed by atoms with E-state index in [9.17, 15) is 14.4 Å². The van der Waals surface area contributed by atoms with Crippen molar-refractivity contribution in [3.05, 3.63) is 0 Å². The summed E-state index contributed by atoms with van der Waals surface area (Å²) in [5.41, 5.74) is 0. The Bertz CT molecular complexity index is 414. The number of nitrogens with zero attached hydrogens (tertiary/aromatic N) is 2. The van der Waals surface area contributed by atoms with E-state index in [1.807, 2.05) is 0 Å². The van der Waals surface area contributed by atoms with Gasteiger partial charge in [0, 0.05) is 25.7 Å². The van der Waals surface area contributed by atoms with Gasteiger partial charge in [0.05, 0.1) is 6.42 Å². The van der Waals surface area contributed by atoms with Crippen LogP contribution in [0.5, 0.6) is 0 Å². The number of rotatable bonds is 4. The Morgan fingerprint density at radius 3 is 2.60 bits per heavy atom. The number of fused-ring (bicyclic) bond motifs is 1. The highest BCUT2D eigenvalue weighted by atomic mass is 16.4. The number of aliphatic carboxylic acids is 2. The van der Waals surface area contributed by atoms with Crippen molar-refractivity contribution in [3.63, 3.8) is 0 Å². The number of carboxylic acids is 2. The van der Waals surface area contributed by atoms with Gasteiger partial charge in [-0.1, -0.05) is 0 Å². The fourth-order valence-corrected chi connectivity index (χ4v) is 2.79. The molecule has 2 aliphatic rings. The van der Waals surface area contributed by atoms with E-state index in [1.54, 1.807) is 4.90 Å². The zero-order valence-electron chi connectivity index (χ0n) is 11.1. The lowest BCUT2D eigenvalue weighted by molar-refractivity contribution is -0.145. The van der Waals surface area contributed by atoms with Crippen molar-refractivity contribution in [2.45, 2.75) is 31.3 Å². The summed E-state index contributed by atoms with van der Waals surface area (Å²) in [4.78, 5) is 37.4. The normalized spacial score (nSPS) is 24.0. The molecule has 2 atom stereocenters. The summed E-state index contributed by atoms with van der Waals surface area (Å²) in [6, 6.07) is -1.54. The minimum atomic E-state index is -1.39. The van der Waals surface area contributed by atoms with Crippen molar-refractivity contribution in [2.75, 3.05) is 26.2 Å². The standard InChI is InChI=1S/C12H19N3O5/c16-10(17)6-9(11(18)19)13-12(20)15-5-4-14-3-1-2-8(14)7-15/h8-9H,1-7H2,(H,13,20)(H,16,17)(H,18,19)/t8?,9-/m1/s1. The van der Waals surface area contributed by atoms with Crippen LogP contribution in [0, 0.1) is 0 Å². The van der Waals surface area contributed by atoms with Crippen LogP contribution in [0.4, 0.5) is 4.79 Å². The average molecular weight is 285 g/mol. The molecule has 0 spiro atoms. The van der Waals surface area contributed by atoms with Gasteiger partial charge in [0.15, 0.2) is 0 Å². The first kappa shape index (κ1) is 14.6. The van der Waals surface area contributed by atoms with Gasteiger partial charge in [0.2, 0.25) is 0 Å². The number of piperazine rings is 1. The van der Waals surface area contributed by atoms with Crippen LogP contribution in [0.15, 0.2) is 0 Å². The van der Waals surface area contributed by atoms with Crippen molar-refractivity contribution in [2.24, 2.45) is 0 Å². The van der Waals surface area contributed by atoms with Crippen molar-refractivity contribution in [1.82, 2.24) is 15.1 Å². The molecule has 2 amide bonds. The molecule has 20 heavy (non-hydrogen) atoms.